The Labute approximate surface area is 150 Å². The third-order valence-electron chi connectivity index (χ3n) is 5.06. The van der Waals surface area contributed by atoms with Crippen LogP contribution < -0.4 is 5.32 Å². The molecule has 138 valence electrons. The molecular weight excluding hydrogens is 332 g/mol. The van der Waals surface area contributed by atoms with Gasteiger partial charge in [0, 0.05) is 52.4 Å². The highest BCUT2D eigenvalue weighted by atomic mass is 35.5. The molecule has 2 atom stereocenters. The number of ether oxygens (including phenoxy) is 1. The molecule has 3 aliphatic heterocycles. The number of carbonyl (C=O) groups is 2. The topological polar surface area (TPSA) is 65.1 Å². The fourth-order valence-electron chi connectivity index (χ4n) is 3.53. The molecule has 3 rings (SSSR count). The maximum Gasteiger partial charge on any atom is 0.240 e. The highest BCUT2D eigenvalue weighted by Crippen LogP contribution is 2.16. The highest BCUT2D eigenvalue weighted by Gasteiger charge is 2.33. The van der Waals surface area contributed by atoms with E-state index in [1.165, 1.54) is 0 Å². The Bertz CT molecular complexity index is 437. The standard InChI is InChI=1S/C16H28N4O3.ClH/c1-18-6-8-19(9-7-18)15(21)11-14-16(22)20(5-4-17-14)12-13-3-2-10-23-13;/h13-14,17H,2-12H2,1H3;1H. The zero-order valence-corrected chi connectivity index (χ0v) is 15.2. The largest absolute Gasteiger partial charge is 0.376 e. The Morgan fingerprint density at radius 2 is 2.00 bits per heavy atom. The van der Waals surface area contributed by atoms with Crippen molar-refractivity contribution in [3.05, 3.63) is 0 Å². The average Bonchev–Trinajstić information content (AvgIpc) is 3.05. The molecule has 0 bridgehead atoms. The number of hydrogen-bond donors (Lipinski definition) is 1. The van der Waals surface area contributed by atoms with Crippen molar-refractivity contribution in [3.63, 3.8) is 0 Å². The summed E-state index contributed by atoms with van der Waals surface area (Å²) < 4.78 is 5.63. The van der Waals surface area contributed by atoms with E-state index in [0.717, 1.165) is 52.2 Å². The van der Waals surface area contributed by atoms with Gasteiger partial charge in [-0.1, -0.05) is 0 Å². The molecule has 0 spiro atoms. The molecule has 3 fully saturated rings. The molecule has 0 aliphatic carbocycles. The molecule has 7 nitrogen and oxygen atoms in total. The molecule has 2 unspecified atom stereocenters. The Kier molecular flexibility index (Phi) is 7.28. The SMILES string of the molecule is CN1CCN(C(=O)CC2NCCN(CC3CCCO3)C2=O)CC1.Cl. The summed E-state index contributed by atoms with van der Waals surface area (Å²) in [4.78, 5) is 31.0. The number of likely N-dealkylation sites (N-methyl/N-ethyl adjacent to an activating group) is 1. The molecule has 3 heterocycles. The van der Waals surface area contributed by atoms with Crippen molar-refractivity contribution in [2.45, 2.75) is 31.4 Å². The molecule has 1 N–H and O–H groups in total. The fourth-order valence-corrected chi connectivity index (χ4v) is 3.53. The van der Waals surface area contributed by atoms with Crippen LogP contribution in [0.4, 0.5) is 0 Å². The van der Waals surface area contributed by atoms with Gasteiger partial charge in [0.1, 0.15) is 0 Å². The molecule has 0 radical (unpaired) electrons. The normalized spacial score (nSPS) is 28.8. The first-order valence-electron chi connectivity index (χ1n) is 8.73. The van der Waals surface area contributed by atoms with Crippen LogP contribution in [-0.4, -0.2) is 98.1 Å². The van der Waals surface area contributed by atoms with Crippen molar-refractivity contribution in [2.24, 2.45) is 0 Å². The van der Waals surface area contributed by atoms with Gasteiger partial charge in [0.05, 0.1) is 18.6 Å². The van der Waals surface area contributed by atoms with Crippen LogP contribution in [0.15, 0.2) is 0 Å². The molecule has 0 aromatic carbocycles. The minimum Gasteiger partial charge on any atom is -0.376 e. The van der Waals surface area contributed by atoms with Crippen molar-refractivity contribution in [2.75, 3.05) is 59.5 Å². The molecule has 24 heavy (non-hydrogen) atoms. The van der Waals surface area contributed by atoms with E-state index >= 15 is 0 Å². The summed E-state index contributed by atoms with van der Waals surface area (Å²) in [5, 5.41) is 3.21. The zero-order valence-electron chi connectivity index (χ0n) is 14.4. The monoisotopic (exact) mass is 360 g/mol. The lowest BCUT2D eigenvalue weighted by Gasteiger charge is -2.36. The lowest BCUT2D eigenvalue weighted by Crippen LogP contribution is -2.58. The number of piperazine rings is 2. The number of nitrogens with zero attached hydrogens (tertiary/aromatic N) is 3. The molecule has 8 heteroatoms. The summed E-state index contributed by atoms with van der Waals surface area (Å²) in [6.07, 6.45) is 2.55. The molecule has 2 amide bonds. The maximum atomic E-state index is 12.6. The van der Waals surface area contributed by atoms with Gasteiger partial charge in [0.2, 0.25) is 11.8 Å². The molecule has 3 aliphatic rings. The zero-order chi connectivity index (χ0) is 16.2. The van der Waals surface area contributed by atoms with E-state index < -0.39 is 0 Å². The van der Waals surface area contributed by atoms with E-state index in [9.17, 15) is 9.59 Å². The Balaban J connectivity index is 0.00000208. The van der Waals surface area contributed by atoms with Crippen LogP contribution >= 0.6 is 12.4 Å². The number of halogens is 1. The number of carbonyl (C=O) groups excluding carboxylic acids is 2. The van der Waals surface area contributed by atoms with E-state index in [1.54, 1.807) is 0 Å². The van der Waals surface area contributed by atoms with Crippen LogP contribution in [0.5, 0.6) is 0 Å². The van der Waals surface area contributed by atoms with E-state index in [0.29, 0.717) is 13.1 Å². The molecular formula is C16H29ClN4O3. The lowest BCUT2D eigenvalue weighted by atomic mass is 10.1. The van der Waals surface area contributed by atoms with Crippen LogP contribution in [0, 0.1) is 0 Å². The smallest absolute Gasteiger partial charge is 0.240 e. The van der Waals surface area contributed by atoms with Gasteiger partial charge < -0.3 is 24.8 Å². The Hall–Kier alpha value is -0.890. The molecule has 0 aromatic rings. The number of amides is 2. The van der Waals surface area contributed by atoms with Crippen molar-refractivity contribution in [1.29, 1.82) is 0 Å². The minimum atomic E-state index is -0.377. The highest BCUT2D eigenvalue weighted by molar-refractivity contribution is 5.89. The summed E-state index contributed by atoms with van der Waals surface area (Å²) >= 11 is 0. The second-order valence-electron chi connectivity index (χ2n) is 6.81. The van der Waals surface area contributed by atoms with Crippen molar-refractivity contribution < 1.29 is 14.3 Å². The van der Waals surface area contributed by atoms with Crippen molar-refractivity contribution >= 4 is 24.2 Å². The average molecular weight is 361 g/mol. The van der Waals surface area contributed by atoms with Gasteiger partial charge in [-0.25, -0.2) is 0 Å². The summed E-state index contributed by atoms with van der Waals surface area (Å²) in [6, 6.07) is -0.377. The fraction of sp³-hybridized carbons (Fsp3) is 0.875. The van der Waals surface area contributed by atoms with Crippen LogP contribution in [-0.2, 0) is 14.3 Å². The van der Waals surface area contributed by atoms with E-state index in [-0.39, 0.29) is 42.8 Å². The predicted molar refractivity (Wildman–Crippen MR) is 93.3 cm³/mol. The van der Waals surface area contributed by atoms with Crippen LogP contribution in [0.2, 0.25) is 0 Å². The predicted octanol–water partition coefficient (Wildman–Crippen LogP) is -0.448. The quantitative estimate of drug-likeness (QED) is 0.736. The summed E-state index contributed by atoms with van der Waals surface area (Å²) in [5.74, 6) is 0.136. The van der Waals surface area contributed by atoms with E-state index in [1.807, 2.05) is 9.80 Å². The molecule has 0 saturated carbocycles. The maximum absolute atomic E-state index is 12.6. The number of rotatable bonds is 4. The van der Waals surface area contributed by atoms with Crippen molar-refractivity contribution in [3.8, 4) is 0 Å². The van der Waals surface area contributed by atoms with Crippen LogP contribution in [0.25, 0.3) is 0 Å². The van der Waals surface area contributed by atoms with E-state index in [4.69, 9.17) is 4.74 Å². The second kappa shape index (κ2) is 8.99. The Morgan fingerprint density at radius 1 is 1.25 bits per heavy atom. The van der Waals surface area contributed by atoms with Gasteiger partial charge >= 0.3 is 0 Å². The van der Waals surface area contributed by atoms with Gasteiger partial charge in [0.25, 0.3) is 0 Å². The third kappa shape index (κ3) is 4.81. The molecule has 0 aromatic heterocycles. The summed E-state index contributed by atoms with van der Waals surface area (Å²) in [5.41, 5.74) is 0. The first kappa shape index (κ1) is 19.4. The lowest BCUT2D eigenvalue weighted by molar-refractivity contribution is -0.142. The van der Waals surface area contributed by atoms with Crippen LogP contribution in [0.1, 0.15) is 19.3 Å². The van der Waals surface area contributed by atoms with Gasteiger partial charge in [-0.05, 0) is 19.9 Å². The van der Waals surface area contributed by atoms with E-state index in [2.05, 4.69) is 17.3 Å². The van der Waals surface area contributed by atoms with Crippen molar-refractivity contribution in [1.82, 2.24) is 20.0 Å². The summed E-state index contributed by atoms with van der Waals surface area (Å²) in [6.45, 7) is 6.25. The Morgan fingerprint density at radius 3 is 2.67 bits per heavy atom. The first-order valence-corrected chi connectivity index (χ1v) is 8.73. The van der Waals surface area contributed by atoms with Gasteiger partial charge in [0.15, 0.2) is 0 Å². The summed E-state index contributed by atoms with van der Waals surface area (Å²) in [7, 11) is 2.07. The van der Waals surface area contributed by atoms with Gasteiger partial charge in [-0.3, -0.25) is 9.59 Å². The number of nitrogens with one attached hydrogen (secondary N) is 1. The minimum absolute atomic E-state index is 0. The molecule has 3 saturated heterocycles. The number of hydrogen-bond acceptors (Lipinski definition) is 5. The van der Waals surface area contributed by atoms with Gasteiger partial charge in [-0.15, -0.1) is 12.4 Å². The second-order valence-corrected chi connectivity index (χ2v) is 6.81. The van der Waals surface area contributed by atoms with Crippen LogP contribution in [0.3, 0.4) is 0 Å². The third-order valence-corrected chi connectivity index (χ3v) is 5.06. The first-order chi connectivity index (χ1) is 11.1. The van der Waals surface area contributed by atoms with Gasteiger partial charge in [-0.2, -0.15) is 0 Å².